The van der Waals surface area contributed by atoms with E-state index in [2.05, 4.69) is 13.5 Å². The molecular formula is C10H16O2. The van der Waals surface area contributed by atoms with Gasteiger partial charge in [-0.2, -0.15) is 0 Å². The van der Waals surface area contributed by atoms with Crippen LogP contribution in [-0.2, 0) is 9.53 Å². The molecule has 2 heteroatoms. The fourth-order valence-corrected chi connectivity index (χ4v) is 1.31. The molecule has 0 amide bonds. The zero-order valence-electron chi connectivity index (χ0n) is 7.85. The second kappa shape index (κ2) is 3.40. The lowest BCUT2D eigenvalue weighted by atomic mass is 9.78. The highest BCUT2D eigenvalue weighted by Gasteiger charge is 2.38. The van der Waals surface area contributed by atoms with Crippen molar-refractivity contribution < 1.29 is 9.53 Å². The predicted octanol–water partition coefficient (Wildman–Crippen LogP) is 1.95. The standard InChI is InChI=1S/C10H16O2/c1-4-10(6-12-7-10)5-9(11)8(2)3/h2,4-7H2,1,3H3. The smallest absolute Gasteiger partial charge is 0.158 e. The Morgan fingerprint density at radius 1 is 1.58 bits per heavy atom. The van der Waals surface area contributed by atoms with Crippen LogP contribution in [0, 0.1) is 5.41 Å². The molecule has 1 heterocycles. The summed E-state index contributed by atoms with van der Waals surface area (Å²) in [5.74, 6) is 0.181. The SMILES string of the molecule is C=C(C)C(=O)CC1(CC)COC1. The average molecular weight is 168 g/mol. The van der Waals surface area contributed by atoms with Crippen LogP contribution in [0.2, 0.25) is 0 Å². The molecule has 0 aliphatic carbocycles. The lowest BCUT2D eigenvalue weighted by molar-refractivity contribution is -0.139. The molecule has 0 aromatic carbocycles. The average Bonchev–Trinajstić information content (AvgIpc) is 1.96. The highest BCUT2D eigenvalue weighted by Crippen LogP contribution is 2.35. The normalized spacial score (nSPS) is 19.8. The number of carbonyl (C=O) groups excluding carboxylic acids is 1. The molecule has 68 valence electrons. The van der Waals surface area contributed by atoms with E-state index in [0.29, 0.717) is 12.0 Å². The largest absolute Gasteiger partial charge is 0.380 e. The zero-order chi connectivity index (χ0) is 9.19. The molecule has 0 radical (unpaired) electrons. The summed E-state index contributed by atoms with van der Waals surface area (Å²) in [6.45, 7) is 8.99. The topological polar surface area (TPSA) is 26.3 Å². The lowest BCUT2D eigenvalue weighted by Crippen LogP contribution is -2.43. The second-order valence-corrected chi connectivity index (χ2v) is 3.73. The molecule has 12 heavy (non-hydrogen) atoms. The molecule has 0 aromatic heterocycles. The first-order valence-electron chi connectivity index (χ1n) is 4.36. The Bertz CT molecular complexity index is 196. The maximum Gasteiger partial charge on any atom is 0.158 e. The molecule has 0 unspecified atom stereocenters. The van der Waals surface area contributed by atoms with Crippen molar-refractivity contribution in [3.05, 3.63) is 12.2 Å². The van der Waals surface area contributed by atoms with Gasteiger partial charge in [0.15, 0.2) is 5.78 Å². The number of carbonyl (C=O) groups is 1. The van der Waals surface area contributed by atoms with Gasteiger partial charge in [-0.25, -0.2) is 0 Å². The summed E-state index contributed by atoms with van der Waals surface area (Å²) < 4.78 is 5.13. The van der Waals surface area contributed by atoms with Crippen LogP contribution in [0.5, 0.6) is 0 Å². The van der Waals surface area contributed by atoms with E-state index in [9.17, 15) is 4.79 Å². The first kappa shape index (κ1) is 9.46. The van der Waals surface area contributed by atoms with Gasteiger partial charge < -0.3 is 4.74 Å². The summed E-state index contributed by atoms with van der Waals surface area (Å²) in [6, 6.07) is 0. The van der Waals surface area contributed by atoms with E-state index in [1.165, 1.54) is 0 Å². The van der Waals surface area contributed by atoms with Crippen LogP contribution in [0.15, 0.2) is 12.2 Å². The first-order chi connectivity index (χ1) is 5.59. The van der Waals surface area contributed by atoms with Gasteiger partial charge in [-0.1, -0.05) is 13.5 Å². The summed E-state index contributed by atoms with van der Waals surface area (Å²) in [4.78, 5) is 11.4. The molecule has 2 nitrogen and oxygen atoms in total. The molecular weight excluding hydrogens is 152 g/mol. The van der Waals surface area contributed by atoms with Crippen LogP contribution in [0.25, 0.3) is 0 Å². The highest BCUT2D eigenvalue weighted by atomic mass is 16.5. The summed E-state index contributed by atoms with van der Waals surface area (Å²) in [5.41, 5.74) is 0.797. The van der Waals surface area contributed by atoms with E-state index >= 15 is 0 Å². The van der Waals surface area contributed by atoms with Gasteiger partial charge in [0.1, 0.15) is 0 Å². The van der Waals surface area contributed by atoms with Gasteiger partial charge in [-0.05, 0) is 18.9 Å². The first-order valence-corrected chi connectivity index (χ1v) is 4.36. The molecule has 1 rings (SSSR count). The highest BCUT2D eigenvalue weighted by molar-refractivity contribution is 5.94. The monoisotopic (exact) mass is 168 g/mol. The minimum atomic E-state index is 0.135. The van der Waals surface area contributed by atoms with Crippen molar-refractivity contribution in [2.45, 2.75) is 26.7 Å². The Morgan fingerprint density at radius 3 is 2.42 bits per heavy atom. The van der Waals surface area contributed by atoms with Gasteiger partial charge >= 0.3 is 0 Å². The Labute approximate surface area is 73.6 Å². The molecule has 1 saturated heterocycles. The molecule has 0 aromatic rings. The van der Waals surface area contributed by atoms with E-state index in [1.807, 2.05) is 0 Å². The van der Waals surface area contributed by atoms with Crippen LogP contribution in [0.1, 0.15) is 26.7 Å². The van der Waals surface area contributed by atoms with Crippen molar-refractivity contribution in [2.24, 2.45) is 5.41 Å². The lowest BCUT2D eigenvalue weighted by Gasteiger charge is -2.40. The van der Waals surface area contributed by atoms with E-state index in [0.717, 1.165) is 19.6 Å². The Morgan fingerprint density at radius 2 is 2.17 bits per heavy atom. The molecule has 0 atom stereocenters. The Kier molecular flexibility index (Phi) is 2.68. The number of ketones is 1. The number of ether oxygens (including phenoxy) is 1. The molecule has 0 bridgehead atoms. The van der Waals surface area contributed by atoms with Gasteiger partial charge in [0.05, 0.1) is 13.2 Å². The molecule has 0 spiro atoms. The third-order valence-corrected chi connectivity index (χ3v) is 2.58. The molecule has 1 aliphatic rings. The molecule has 1 aliphatic heterocycles. The van der Waals surface area contributed by atoms with Crippen LogP contribution < -0.4 is 0 Å². The third-order valence-electron chi connectivity index (χ3n) is 2.58. The van der Waals surface area contributed by atoms with E-state index in [4.69, 9.17) is 4.74 Å². The van der Waals surface area contributed by atoms with E-state index in [-0.39, 0.29) is 11.2 Å². The summed E-state index contributed by atoms with van der Waals surface area (Å²) in [6.07, 6.45) is 1.63. The fourth-order valence-electron chi connectivity index (χ4n) is 1.31. The van der Waals surface area contributed by atoms with Gasteiger partial charge in [0.2, 0.25) is 0 Å². The number of hydrogen-bond donors (Lipinski definition) is 0. The maximum absolute atomic E-state index is 11.4. The van der Waals surface area contributed by atoms with Crippen LogP contribution in [0.3, 0.4) is 0 Å². The Balaban J connectivity index is 2.48. The van der Waals surface area contributed by atoms with Gasteiger partial charge in [0, 0.05) is 11.8 Å². The zero-order valence-corrected chi connectivity index (χ0v) is 7.85. The Hall–Kier alpha value is -0.630. The van der Waals surface area contributed by atoms with Crippen LogP contribution in [-0.4, -0.2) is 19.0 Å². The van der Waals surface area contributed by atoms with Gasteiger partial charge in [0.25, 0.3) is 0 Å². The van der Waals surface area contributed by atoms with Gasteiger partial charge in [-0.15, -0.1) is 0 Å². The predicted molar refractivity (Wildman–Crippen MR) is 48.0 cm³/mol. The van der Waals surface area contributed by atoms with Crippen molar-refractivity contribution >= 4 is 5.78 Å². The van der Waals surface area contributed by atoms with E-state index < -0.39 is 0 Å². The van der Waals surface area contributed by atoms with E-state index in [1.54, 1.807) is 6.92 Å². The number of hydrogen-bond acceptors (Lipinski definition) is 2. The molecule has 1 fully saturated rings. The molecule has 0 saturated carbocycles. The number of Topliss-reactive ketones (excluding diaryl/α,β-unsaturated/α-hetero) is 1. The minimum Gasteiger partial charge on any atom is -0.380 e. The number of rotatable bonds is 4. The van der Waals surface area contributed by atoms with Crippen LogP contribution in [0.4, 0.5) is 0 Å². The van der Waals surface area contributed by atoms with Crippen molar-refractivity contribution in [1.82, 2.24) is 0 Å². The van der Waals surface area contributed by atoms with Gasteiger partial charge in [-0.3, -0.25) is 4.79 Å². The quantitative estimate of drug-likeness (QED) is 0.600. The summed E-state index contributed by atoms with van der Waals surface area (Å²) in [7, 11) is 0. The van der Waals surface area contributed by atoms with Crippen molar-refractivity contribution in [3.8, 4) is 0 Å². The van der Waals surface area contributed by atoms with Crippen molar-refractivity contribution in [2.75, 3.05) is 13.2 Å². The van der Waals surface area contributed by atoms with Crippen molar-refractivity contribution in [1.29, 1.82) is 0 Å². The van der Waals surface area contributed by atoms with Crippen molar-refractivity contribution in [3.63, 3.8) is 0 Å². The fraction of sp³-hybridized carbons (Fsp3) is 0.700. The third kappa shape index (κ3) is 1.75. The molecule has 0 N–H and O–H groups in total. The summed E-state index contributed by atoms with van der Waals surface area (Å²) in [5, 5.41) is 0. The second-order valence-electron chi connectivity index (χ2n) is 3.73. The number of allylic oxidation sites excluding steroid dienone is 1. The van der Waals surface area contributed by atoms with Crippen LogP contribution >= 0.6 is 0 Å². The summed E-state index contributed by atoms with van der Waals surface area (Å²) >= 11 is 0. The minimum absolute atomic E-state index is 0.135. The maximum atomic E-state index is 11.4.